The minimum atomic E-state index is -1.05. The predicted molar refractivity (Wildman–Crippen MR) is 60.4 cm³/mol. The molecule has 0 saturated heterocycles. The maximum absolute atomic E-state index is 10.7. The van der Waals surface area contributed by atoms with Gasteiger partial charge < -0.3 is 9.84 Å². The molecule has 0 aliphatic carbocycles. The number of para-hydroxylation sites is 1. The van der Waals surface area contributed by atoms with Gasteiger partial charge in [-0.15, -0.1) is 0 Å². The van der Waals surface area contributed by atoms with Gasteiger partial charge in [0.2, 0.25) is 5.75 Å². The van der Waals surface area contributed by atoms with E-state index in [9.17, 15) is 14.9 Å². The maximum atomic E-state index is 10.7. The average Bonchev–Trinajstić information content (AvgIpc) is 2.19. The van der Waals surface area contributed by atoms with Crippen LogP contribution in [0.5, 0.6) is 5.75 Å². The van der Waals surface area contributed by atoms with E-state index in [1.807, 2.05) is 0 Å². The molecule has 0 saturated carbocycles. The monoisotopic (exact) mass is 259 g/mol. The fourth-order valence-electron chi connectivity index (χ4n) is 1.25. The van der Waals surface area contributed by atoms with Crippen LogP contribution in [-0.4, -0.2) is 22.1 Å². The molecule has 6 nitrogen and oxygen atoms in total. The van der Waals surface area contributed by atoms with Crippen LogP contribution in [0.25, 0.3) is 0 Å². The Morgan fingerprint density at radius 3 is 2.82 bits per heavy atom. The molecule has 92 valence electrons. The summed E-state index contributed by atoms with van der Waals surface area (Å²) in [5, 5.41) is 19.4. The molecule has 17 heavy (non-hydrogen) atoms. The zero-order valence-corrected chi connectivity index (χ0v) is 9.68. The van der Waals surface area contributed by atoms with Gasteiger partial charge in [0.25, 0.3) is 0 Å². The summed E-state index contributed by atoms with van der Waals surface area (Å²) in [6.45, 7) is 1.50. The minimum absolute atomic E-state index is 0.0800. The lowest BCUT2D eigenvalue weighted by Gasteiger charge is -2.13. The third-order valence-corrected chi connectivity index (χ3v) is 2.22. The lowest BCUT2D eigenvalue weighted by atomic mass is 10.2. The van der Waals surface area contributed by atoms with E-state index in [1.165, 1.54) is 25.1 Å². The largest absolute Gasteiger partial charge is 0.482 e. The van der Waals surface area contributed by atoms with Crippen molar-refractivity contribution in [1.82, 2.24) is 0 Å². The number of halogens is 1. The minimum Gasteiger partial charge on any atom is -0.482 e. The second-order valence-electron chi connectivity index (χ2n) is 3.37. The van der Waals surface area contributed by atoms with Gasteiger partial charge in [-0.25, -0.2) is 0 Å². The van der Waals surface area contributed by atoms with Gasteiger partial charge in [0.05, 0.1) is 16.4 Å². The van der Waals surface area contributed by atoms with Crippen molar-refractivity contribution < 1.29 is 19.6 Å². The Morgan fingerprint density at radius 1 is 1.65 bits per heavy atom. The summed E-state index contributed by atoms with van der Waals surface area (Å²) in [6, 6.07) is 4.11. The van der Waals surface area contributed by atoms with Crippen LogP contribution in [0, 0.1) is 10.1 Å². The van der Waals surface area contributed by atoms with Crippen molar-refractivity contribution in [1.29, 1.82) is 0 Å². The normalized spacial score (nSPS) is 11.9. The number of aliphatic carboxylic acids is 1. The Hall–Kier alpha value is -1.82. The average molecular weight is 260 g/mol. The standard InChI is InChI=1S/C10H10ClNO5/c1-6(5-9(13)14)17-10-7(11)3-2-4-8(10)12(15)16/h2-4,6H,5H2,1H3,(H,13,14)/t6-/m1/s1. The fourth-order valence-corrected chi connectivity index (χ4v) is 1.46. The van der Waals surface area contributed by atoms with Crippen LogP contribution in [0.2, 0.25) is 5.02 Å². The molecule has 0 heterocycles. The molecule has 0 aromatic heterocycles. The van der Waals surface area contributed by atoms with Crippen LogP contribution in [-0.2, 0) is 4.79 Å². The summed E-state index contributed by atoms with van der Waals surface area (Å²) in [5.74, 6) is -1.15. The van der Waals surface area contributed by atoms with E-state index in [1.54, 1.807) is 0 Å². The molecule has 0 unspecified atom stereocenters. The first kappa shape index (κ1) is 13.2. The van der Waals surface area contributed by atoms with Crippen molar-refractivity contribution in [2.45, 2.75) is 19.4 Å². The van der Waals surface area contributed by atoms with E-state index in [-0.39, 0.29) is 22.9 Å². The van der Waals surface area contributed by atoms with Crippen LogP contribution < -0.4 is 4.74 Å². The third-order valence-electron chi connectivity index (χ3n) is 1.92. The third kappa shape index (κ3) is 3.60. The van der Waals surface area contributed by atoms with E-state index < -0.39 is 17.0 Å². The number of nitro groups is 1. The molecule has 1 rings (SSSR count). The van der Waals surface area contributed by atoms with Crippen LogP contribution in [0.3, 0.4) is 0 Å². The van der Waals surface area contributed by atoms with Crippen molar-refractivity contribution in [3.63, 3.8) is 0 Å². The zero-order valence-electron chi connectivity index (χ0n) is 8.92. The molecule has 0 radical (unpaired) electrons. The number of carboxylic acids is 1. The first-order chi connectivity index (χ1) is 7.91. The van der Waals surface area contributed by atoms with Gasteiger partial charge in [0.15, 0.2) is 0 Å². The molecule has 0 fully saturated rings. The van der Waals surface area contributed by atoms with Crippen molar-refractivity contribution >= 4 is 23.3 Å². The second kappa shape index (κ2) is 5.49. The highest BCUT2D eigenvalue weighted by Crippen LogP contribution is 2.35. The predicted octanol–water partition coefficient (Wildman–Crippen LogP) is 2.49. The highest BCUT2D eigenvalue weighted by atomic mass is 35.5. The van der Waals surface area contributed by atoms with E-state index >= 15 is 0 Å². The van der Waals surface area contributed by atoms with Crippen molar-refractivity contribution in [2.75, 3.05) is 0 Å². The van der Waals surface area contributed by atoms with E-state index in [2.05, 4.69) is 0 Å². The summed E-state index contributed by atoms with van der Waals surface area (Å²) >= 11 is 5.78. The number of nitrogens with zero attached hydrogens (tertiary/aromatic N) is 1. The Balaban J connectivity index is 2.96. The van der Waals surface area contributed by atoms with Gasteiger partial charge in [0.1, 0.15) is 6.10 Å². The molecule has 0 amide bonds. The molecule has 7 heteroatoms. The van der Waals surface area contributed by atoms with Crippen LogP contribution in [0.15, 0.2) is 18.2 Å². The molecule has 1 N–H and O–H groups in total. The lowest BCUT2D eigenvalue weighted by Crippen LogP contribution is -2.17. The number of hydrogen-bond donors (Lipinski definition) is 1. The molecule has 1 atom stereocenters. The summed E-state index contributed by atoms with van der Waals surface area (Å²) in [7, 11) is 0. The van der Waals surface area contributed by atoms with Crippen LogP contribution in [0.1, 0.15) is 13.3 Å². The number of carboxylic acid groups (broad SMARTS) is 1. The molecule has 0 aliphatic heterocycles. The molecule has 1 aromatic carbocycles. The fraction of sp³-hybridized carbons (Fsp3) is 0.300. The molecular formula is C10H10ClNO5. The summed E-state index contributed by atoms with van der Waals surface area (Å²) < 4.78 is 5.19. The second-order valence-corrected chi connectivity index (χ2v) is 3.78. The summed E-state index contributed by atoms with van der Waals surface area (Å²) in [4.78, 5) is 20.6. The molecule has 1 aromatic rings. The van der Waals surface area contributed by atoms with Crippen LogP contribution in [0.4, 0.5) is 5.69 Å². The SMILES string of the molecule is C[C@H](CC(=O)O)Oc1c(Cl)cccc1[N+](=O)[O-]. The Bertz CT molecular complexity index is 448. The van der Waals surface area contributed by atoms with Gasteiger partial charge in [-0.05, 0) is 13.0 Å². The molecule has 0 spiro atoms. The van der Waals surface area contributed by atoms with Gasteiger partial charge in [-0.3, -0.25) is 14.9 Å². The number of hydrogen-bond acceptors (Lipinski definition) is 4. The van der Waals surface area contributed by atoms with Crippen molar-refractivity contribution in [3.8, 4) is 5.75 Å². The first-order valence-corrected chi connectivity index (χ1v) is 5.11. The quantitative estimate of drug-likeness (QED) is 0.648. The smallest absolute Gasteiger partial charge is 0.312 e. The highest BCUT2D eigenvalue weighted by molar-refractivity contribution is 6.32. The number of carbonyl (C=O) groups is 1. The van der Waals surface area contributed by atoms with Gasteiger partial charge in [-0.1, -0.05) is 17.7 Å². The van der Waals surface area contributed by atoms with Gasteiger partial charge >= 0.3 is 11.7 Å². The lowest BCUT2D eigenvalue weighted by molar-refractivity contribution is -0.386. The summed E-state index contributed by atoms with van der Waals surface area (Å²) in [6.07, 6.45) is -0.964. The van der Waals surface area contributed by atoms with Crippen LogP contribution >= 0.6 is 11.6 Å². The van der Waals surface area contributed by atoms with Crippen molar-refractivity contribution in [3.05, 3.63) is 33.3 Å². The number of rotatable bonds is 5. The number of nitro benzene ring substituents is 1. The van der Waals surface area contributed by atoms with Crippen molar-refractivity contribution in [2.24, 2.45) is 0 Å². The van der Waals surface area contributed by atoms with E-state index in [0.717, 1.165) is 0 Å². The maximum Gasteiger partial charge on any atom is 0.312 e. The first-order valence-electron chi connectivity index (χ1n) is 4.73. The molecule has 0 bridgehead atoms. The highest BCUT2D eigenvalue weighted by Gasteiger charge is 2.21. The number of ether oxygens (including phenoxy) is 1. The van der Waals surface area contributed by atoms with Gasteiger partial charge in [-0.2, -0.15) is 0 Å². The topological polar surface area (TPSA) is 89.7 Å². The molecular weight excluding hydrogens is 250 g/mol. The van der Waals surface area contributed by atoms with Gasteiger partial charge in [0, 0.05) is 6.07 Å². The zero-order chi connectivity index (χ0) is 13.0. The number of benzene rings is 1. The Morgan fingerprint density at radius 2 is 2.29 bits per heavy atom. The molecule has 0 aliphatic rings. The Kier molecular flexibility index (Phi) is 4.28. The van der Waals surface area contributed by atoms with E-state index in [4.69, 9.17) is 21.4 Å². The summed E-state index contributed by atoms with van der Waals surface area (Å²) in [5.41, 5.74) is -0.283. The van der Waals surface area contributed by atoms with E-state index in [0.29, 0.717) is 0 Å². The Labute approximate surface area is 102 Å².